The molecule has 5 heteroatoms. The zero-order valence-electron chi connectivity index (χ0n) is 19.2. The number of hydrogen-bond donors (Lipinski definition) is 2. The summed E-state index contributed by atoms with van der Waals surface area (Å²) >= 11 is 0. The normalized spacial score (nSPS) is 14.0. The van der Waals surface area contributed by atoms with E-state index < -0.39 is 0 Å². The SMILES string of the molecule is CC=[N+](C)/C(C)=C(C=O)/C(=C/C(=C/CC)c1cccnc1C)C(=C\C)/NC.CN. The maximum absolute atomic E-state index is 12.1. The number of carbonyl (C=O) groups excluding carboxylic acids is 1. The average molecular weight is 398 g/mol. The Balaban J connectivity index is 0.00000379. The molecule has 5 nitrogen and oxygen atoms in total. The Morgan fingerprint density at radius 3 is 2.41 bits per heavy atom. The van der Waals surface area contributed by atoms with Crippen LogP contribution in [0, 0.1) is 6.92 Å². The van der Waals surface area contributed by atoms with Crippen molar-refractivity contribution in [3.63, 3.8) is 0 Å². The first kappa shape index (κ1) is 26.2. The number of rotatable bonds is 8. The van der Waals surface area contributed by atoms with Crippen LogP contribution < -0.4 is 11.1 Å². The van der Waals surface area contributed by atoms with Gasteiger partial charge < -0.3 is 11.1 Å². The predicted molar refractivity (Wildman–Crippen MR) is 125 cm³/mol. The van der Waals surface area contributed by atoms with E-state index in [1.165, 1.54) is 7.05 Å². The van der Waals surface area contributed by atoms with E-state index in [1.54, 1.807) is 6.20 Å². The molecule has 0 unspecified atom stereocenters. The summed E-state index contributed by atoms with van der Waals surface area (Å²) in [6.07, 6.45) is 11.8. The van der Waals surface area contributed by atoms with Gasteiger partial charge in [0.2, 0.25) is 0 Å². The van der Waals surface area contributed by atoms with Crippen LogP contribution in [0.2, 0.25) is 0 Å². The van der Waals surface area contributed by atoms with Crippen LogP contribution in [0.4, 0.5) is 0 Å². The third-order valence-corrected chi connectivity index (χ3v) is 4.60. The summed E-state index contributed by atoms with van der Waals surface area (Å²) < 4.78 is 1.96. The Morgan fingerprint density at radius 2 is 1.97 bits per heavy atom. The lowest BCUT2D eigenvalue weighted by Gasteiger charge is -2.15. The van der Waals surface area contributed by atoms with Crippen molar-refractivity contribution in [2.24, 2.45) is 5.73 Å². The number of pyridine rings is 1. The second kappa shape index (κ2) is 14.2. The van der Waals surface area contributed by atoms with Crippen molar-refractivity contribution in [3.8, 4) is 0 Å². The molecule has 0 bridgehead atoms. The van der Waals surface area contributed by atoms with E-state index in [4.69, 9.17) is 0 Å². The number of nitrogens with two attached hydrogens (primary N) is 1. The molecule has 1 aromatic rings. The van der Waals surface area contributed by atoms with Crippen molar-refractivity contribution >= 4 is 18.1 Å². The van der Waals surface area contributed by atoms with Gasteiger partial charge in [-0.2, -0.15) is 0 Å². The molecule has 0 amide bonds. The molecule has 0 radical (unpaired) electrons. The maximum Gasteiger partial charge on any atom is 0.188 e. The predicted octanol–water partition coefficient (Wildman–Crippen LogP) is 4.01. The monoisotopic (exact) mass is 397 g/mol. The zero-order valence-corrected chi connectivity index (χ0v) is 19.2. The molecule has 0 spiro atoms. The van der Waals surface area contributed by atoms with Gasteiger partial charge in [-0.1, -0.05) is 25.1 Å². The third kappa shape index (κ3) is 7.27. The summed E-state index contributed by atoms with van der Waals surface area (Å²) in [6.45, 7) is 9.98. The lowest BCUT2D eigenvalue weighted by molar-refractivity contribution is -0.439. The van der Waals surface area contributed by atoms with Gasteiger partial charge in [0.25, 0.3) is 0 Å². The molecule has 0 aliphatic rings. The second-order valence-electron chi connectivity index (χ2n) is 6.20. The average Bonchev–Trinajstić information content (AvgIpc) is 2.75. The molecule has 1 heterocycles. The van der Waals surface area contributed by atoms with Crippen molar-refractivity contribution in [1.82, 2.24) is 10.3 Å². The first-order valence-corrected chi connectivity index (χ1v) is 9.89. The van der Waals surface area contributed by atoms with Crippen molar-refractivity contribution in [2.45, 2.75) is 41.0 Å². The van der Waals surface area contributed by atoms with Crippen LogP contribution in [-0.2, 0) is 4.79 Å². The van der Waals surface area contributed by atoms with Crippen molar-refractivity contribution in [3.05, 3.63) is 70.4 Å². The number of nitrogens with zero attached hydrogens (tertiary/aromatic N) is 2. The first-order valence-electron chi connectivity index (χ1n) is 9.89. The lowest BCUT2D eigenvalue weighted by atomic mass is 9.94. The molecule has 0 aliphatic carbocycles. The van der Waals surface area contributed by atoms with E-state index in [1.807, 2.05) is 64.7 Å². The van der Waals surface area contributed by atoms with Crippen LogP contribution in [-0.4, -0.2) is 43.2 Å². The molecule has 1 rings (SSSR count). The van der Waals surface area contributed by atoms with Gasteiger partial charge in [-0.05, 0) is 45.0 Å². The number of aromatic nitrogens is 1. The number of aldehydes is 1. The van der Waals surface area contributed by atoms with Crippen molar-refractivity contribution < 1.29 is 9.37 Å². The fourth-order valence-electron chi connectivity index (χ4n) is 2.87. The Morgan fingerprint density at radius 1 is 1.31 bits per heavy atom. The summed E-state index contributed by atoms with van der Waals surface area (Å²) in [5, 5.41) is 3.22. The minimum Gasteiger partial charge on any atom is -0.388 e. The fraction of sp³-hybridized carbons (Fsp3) is 0.375. The van der Waals surface area contributed by atoms with Crippen LogP contribution in [0.1, 0.15) is 45.4 Å². The second-order valence-corrected chi connectivity index (χ2v) is 6.20. The molecule has 158 valence electrons. The van der Waals surface area contributed by atoms with E-state index >= 15 is 0 Å². The van der Waals surface area contributed by atoms with E-state index in [-0.39, 0.29) is 0 Å². The third-order valence-electron chi connectivity index (χ3n) is 4.60. The topological polar surface area (TPSA) is 71.0 Å². The van der Waals surface area contributed by atoms with E-state index in [0.717, 1.165) is 46.5 Å². The van der Waals surface area contributed by atoms with Crippen molar-refractivity contribution in [2.75, 3.05) is 21.1 Å². The first-order chi connectivity index (χ1) is 13.9. The molecule has 0 aromatic carbocycles. The molecule has 0 saturated carbocycles. The largest absolute Gasteiger partial charge is 0.388 e. The summed E-state index contributed by atoms with van der Waals surface area (Å²) in [7, 11) is 5.31. The van der Waals surface area contributed by atoms with Crippen molar-refractivity contribution in [1.29, 1.82) is 0 Å². The molecule has 3 N–H and O–H groups in total. The quantitative estimate of drug-likeness (QED) is 0.229. The smallest absolute Gasteiger partial charge is 0.188 e. The van der Waals surface area contributed by atoms with Gasteiger partial charge >= 0.3 is 0 Å². The van der Waals surface area contributed by atoms with Gasteiger partial charge in [0.15, 0.2) is 12.0 Å². The van der Waals surface area contributed by atoms with Gasteiger partial charge in [-0.15, -0.1) is 0 Å². The van der Waals surface area contributed by atoms with Gasteiger partial charge in [-0.3, -0.25) is 9.78 Å². The number of hydrogen-bond acceptors (Lipinski definition) is 4. The Bertz CT molecular complexity index is 827. The molecule has 29 heavy (non-hydrogen) atoms. The minimum atomic E-state index is 0.654. The van der Waals surface area contributed by atoms with Gasteiger partial charge in [0.05, 0.1) is 5.57 Å². The lowest BCUT2D eigenvalue weighted by Crippen LogP contribution is -2.15. The Kier molecular flexibility index (Phi) is 12.9. The van der Waals surface area contributed by atoms with Gasteiger partial charge in [0, 0.05) is 49.6 Å². The molecule has 0 saturated heterocycles. The molecular formula is C24H37N4O+. The molecular weight excluding hydrogens is 360 g/mol. The number of aryl methyl sites for hydroxylation is 1. The van der Waals surface area contributed by atoms with Crippen LogP contribution in [0.15, 0.2) is 59.1 Å². The highest BCUT2D eigenvalue weighted by molar-refractivity contribution is 5.87. The highest BCUT2D eigenvalue weighted by Crippen LogP contribution is 2.27. The van der Waals surface area contributed by atoms with Crippen LogP contribution in [0.25, 0.3) is 5.57 Å². The fourth-order valence-corrected chi connectivity index (χ4v) is 2.87. The number of carbonyl (C=O) groups is 1. The maximum atomic E-state index is 12.1. The number of allylic oxidation sites excluding steroid dienone is 6. The Hall–Kier alpha value is -2.79. The molecule has 0 aliphatic heterocycles. The van der Waals surface area contributed by atoms with Crippen LogP contribution >= 0.6 is 0 Å². The number of nitrogens with one attached hydrogen (secondary N) is 1. The number of likely N-dealkylation sites (N-methyl/N-ethyl adjacent to an activating group) is 1. The van der Waals surface area contributed by atoms with Crippen LogP contribution in [0.5, 0.6) is 0 Å². The summed E-state index contributed by atoms with van der Waals surface area (Å²) in [4.78, 5) is 16.5. The van der Waals surface area contributed by atoms with Gasteiger partial charge in [-0.25, -0.2) is 4.58 Å². The minimum absolute atomic E-state index is 0.654. The van der Waals surface area contributed by atoms with Gasteiger partial charge in [0.1, 0.15) is 13.3 Å². The molecule has 0 fully saturated rings. The van der Waals surface area contributed by atoms with E-state index in [0.29, 0.717) is 5.57 Å². The Labute approximate surface area is 176 Å². The highest BCUT2D eigenvalue weighted by atomic mass is 16.1. The van der Waals surface area contributed by atoms with Crippen LogP contribution in [0.3, 0.4) is 0 Å². The molecule has 1 aromatic heterocycles. The summed E-state index contributed by atoms with van der Waals surface area (Å²) in [6, 6.07) is 4.01. The van der Waals surface area contributed by atoms with E-state index in [2.05, 4.69) is 41.2 Å². The van der Waals surface area contributed by atoms with E-state index in [9.17, 15) is 4.79 Å². The highest BCUT2D eigenvalue weighted by Gasteiger charge is 2.18. The summed E-state index contributed by atoms with van der Waals surface area (Å²) in [5.41, 5.74) is 10.9. The zero-order chi connectivity index (χ0) is 22.4. The summed E-state index contributed by atoms with van der Waals surface area (Å²) in [5.74, 6) is 0. The standard InChI is InChI=1S/C23H32N3O.CH5N/c1-8-12-19(20-13-11-14-25-17(20)4)15-21(23(9-2)24-6)22(16-27)18(5)26(7)10-3;1-2/h9-16,24H,8H2,1-7H3;2H2,1H3/q+1;/b19-12-,21-15-,22-18+,23-9+,26-10?;. The molecule has 0 atom stereocenters.